The zero-order chi connectivity index (χ0) is 34.6. The predicted octanol–water partition coefficient (Wildman–Crippen LogP) is 5.58. The summed E-state index contributed by atoms with van der Waals surface area (Å²) in [6.45, 7) is 10.5. The van der Waals surface area contributed by atoms with Gasteiger partial charge in [-0.1, -0.05) is 24.3 Å². The molecule has 2 amide bonds. The lowest BCUT2D eigenvalue weighted by Crippen LogP contribution is -2.41. The maximum Gasteiger partial charge on any atom is 0.254 e. The minimum atomic E-state index is -0.0116. The van der Waals surface area contributed by atoms with Crippen molar-refractivity contribution < 1.29 is 9.59 Å². The second-order valence-corrected chi connectivity index (χ2v) is 13.0. The van der Waals surface area contributed by atoms with Gasteiger partial charge in [-0.3, -0.25) is 18.7 Å². The van der Waals surface area contributed by atoms with E-state index < -0.39 is 0 Å². The van der Waals surface area contributed by atoms with E-state index in [1.54, 1.807) is 0 Å². The number of imidazole rings is 2. The van der Waals surface area contributed by atoms with Crippen LogP contribution in [0.2, 0.25) is 0 Å². The Labute approximate surface area is 292 Å². The van der Waals surface area contributed by atoms with E-state index in [1.807, 2.05) is 111 Å². The zero-order valence-corrected chi connectivity index (χ0v) is 28.9. The van der Waals surface area contributed by atoms with Crippen LogP contribution in [0.1, 0.15) is 52.1 Å². The molecular weight excluding hydrogens is 624 g/mol. The van der Waals surface area contributed by atoms with Gasteiger partial charge in [0, 0.05) is 54.2 Å². The number of rotatable bonds is 7. The summed E-state index contributed by atoms with van der Waals surface area (Å²) in [5, 5.41) is 9.67. The number of benzene rings is 4. The number of aryl methyl sites for hydroxylation is 2. The number of likely N-dealkylation sites (N-methyl/N-ethyl adjacent to an activating group) is 1. The first kappa shape index (κ1) is 33.2. The lowest BCUT2D eigenvalue weighted by atomic mass is 10.1. The van der Waals surface area contributed by atoms with Crippen LogP contribution in [0, 0.1) is 13.8 Å². The number of nitrogens with one attached hydrogen (secondary N) is 3. The molecule has 10 nitrogen and oxygen atoms in total. The Morgan fingerprint density at radius 2 is 1.24 bits per heavy atom. The van der Waals surface area contributed by atoms with Crippen LogP contribution in [0.25, 0.3) is 33.4 Å². The molecule has 50 heavy (non-hydrogen) atoms. The van der Waals surface area contributed by atoms with Crippen LogP contribution in [0.15, 0.2) is 97.1 Å². The van der Waals surface area contributed by atoms with Gasteiger partial charge >= 0.3 is 0 Å². The van der Waals surface area contributed by atoms with Crippen molar-refractivity contribution in [3.8, 4) is 11.4 Å². The molecule has 2 atom stereocenters. The van der Waals surface area contributed by atoms with Crippen molar-refractivity contribution in [2.75, 3.05) is 32.7 Å². The van der Waals surface area contributed by atoms with Crippen LogP contribution in [0.5, 0.6) is 0 Å². The number of amides is 2. The number of para-hydroxylation sites is 4. The van der Waals surface area contributed by atoms with Crippen molar-refractivity contribution >= 4 is 33.9 Å². The number of carbonyl (C=O) groups excluding carboxylic acids is 2. The highest BCUT2D eigenvalue weighted by atomic mass is 16.2. The first-order valence-corrected chi connectivity index (χ1v) is 17.5. The van der Waals surface area contributed by atoms with E-state index >= 15 is 0 Å². The molecule has 2 aliphatic heterocycles. The van der Waals surface area contributed by atoms with E-state index in [2.05, 4.69) is 47.2 Å². The Kier molecular flexibility index (Phi) is 9.73. The molecule has 2 aliphatic rings. The normalized spacial score (nSPS) is 17.1. The fraction of sp³-hybridized carbons (Fsp3) is 0.300. The summed E-state index contributed by atoms with van der Waals surface area (Å²) >= 11 is 0. The number of hydrogen-bond donors (Lipinski definition) is 3. The average molecular weight is 669 g/mol. The first-order chi connectivity index (χ1) is 24.4. The molecule has 0 radical (unpaired) electrons. The lowest BCUT2D eigenvalue weighted by molar-refractivity contribution is 0.0703. The Morgan fingerprint density at radius 1 is 0.720 bits per heavy atom. The topological polar surface area (TPSA) is 109 Å². The van der Waals surface area contributed by atoms with E-state index in [9.17, 15) is 9.59 Å². The molecule has 4 heterocycles. The molecule has 0 spiro atoms. The Hall–Kier alpha value is -5.32. The Bertz CT molecular complexity index is 2100. The van der Waals surface area contributed by atoms with Crippen LogP contribution < -0.4 is 16.0 Å². The van der Waals surface area contributed by atoms with Gasteiger partial charge < -0.3 is 20.9 Å². The van der Waals surface area contributed by atoms with Crippen molar-refractivity contribution in [3.05, 3.63) is 120 Å². The third kappa shape index (κ3) is 6.77. The Morgan fingerprint density at radius 3 is 1.74 bits per heavy atom. The van der Waals surface area contributed by atoms with Crippen molar-refractivity contribution in [2.45, 2.75) is 45.7 Å². The summed E-state index contributed by atoms with van der Waals surface area (Å²) in [7, 11) is 0. The van der Waals surface area contributed by atoms with Crippen LogP contribution >= 0.6 is 0 Å². The number of hydrogen-bond acceptors (Lipinski definition) is 6. The van der Waals surface area contributed by atoms with Gasteiger partial charge in [0.05, 0.1) is 22.1 Å². The molecule has 3 N–H and O–H groups in total. The molecule has 6 aromatic rings. The van der Waals surface area contributed by atoms with Gasteiger partial charge in [-0.15, -0.1) is 0 Å². The van der Waals surface area contributed by atoms with E-state index in [4.69, 9.17) is 0 Å². The third-order valence-corrected chi connectivity index (χ3v) is 9.69. The summed E-state index contributed by atoms with van der Waals surface area (Å²) in [6.07, 6.45) is 2.02. The summed E-state index contributed by atoms with van der Waals surface area (Å²) in [4.78, 5) is 36.4. The van der Waals surface area contributed by atoms with Gasteiger partial charge in [-0.05, 0) is 119 Å². The van der Waals surface area contributed by atoms with Gasteiger partial charge in [0.15, 0.2) is 0 Å². The van der Waals surface area contributed by atoms with Crippen LogP contribution in [-0.2, 0) is 0 Å². The maximum atomic E-state index is 12.9. The molecule has 2 saturated heterocycles. The standard InChI is InChI=1S/C21H24N4O.C19H20N4O/c1-3-24(18-12-13-22-14-18)21(26)16-8-10-17(11-9-16)25-15(2)23-19-6-4-5-7-20(19)25;1-13-21-17-4-2-3-5-18(17)23(13)16-8-6-14(7-9-16)19(24)22-15-10-11-20-12-15/h4-11,18,22H,3,12-14H2,1-2H3;2-9,15,20H,10-12H2,1H3,(H,22,24)/t18-;15-/m11/s1. The van der Waals surface area contributed by atoms with Crippen molar-refractivity contribution in [1.82, 2.24) is 40.0 Å². The van der Waals surface area contributed by atoms with Gasteiger partial charge in [-0.2, -0.15) is 0 Å². The highest BCUT2D eigenvalue weighted by Crippen LogP contribution is 2.23. The molecule has 0 bridgehead atoms. The fourth-order valence-electron chi connectivity index (χ4n) is 7.15. The van der Waals surface area contributed by atoms with Gasteiger partial charge in [0.25, 0.3) is 11.8 Å². The summed E-state index contributed by atoms with van der Waals surface area (Å²) in [5.41, 5.74) is 7.58. The van der Waals surface area contributed by atoms with E-state index in [0.717, 1.165) is 96.2 Å². The second kappa shape index (κ2) is 14.7. The number of fused-ring (bicyclic) bond motifs is 2. The molecule has 4 aromatic carbocycles. The predicted molar refractivity (Wildman–Crippen MR) is 198 cm³/mol. The summed E-state index contributed by atoms with van der Waals surface area (Å²) < 4.78 is 4.24. The molecular formula is C40H44N8O2. The van der Waals surface area contributed by atoms with E-state index in [-0.39, 0.29) is 17.9 Å². The zero-order valence-electron chi connectivity index (χ0n) is 28.9. The van der Waals surface area contributed by atoms with Gasteiger partial charge in [-0.25, -0.2) is 9.97 Å². The maximum absolute atomic E-state index is 12.9. The van der Waals surface area contributed by atoms with E-state index in [1.165, 1.54) is 0 Å². The fourth-order valence-corrected chi connectivity index (χ4v) is 7.15. The molecule has 8 rings (SSSR count). The molecule has 0 unspecified atom stereocenters. The molecule has 256 valence electrons. The second-order valence-electron chi connectivity index (χ2n) is 13.0. The molecule has 2 aromatic heterocycles. The quantitative estimate of drug-likeness (QED) is 0.205. The SMILES string of the molecule is CCN(C(=O)c1ccc(-n2c(C)nc3ccccc32)cc1)[C@@H]1CCNC1.Cc1nc2ccccc2n1-c1ccc(C(=O)N[C@@H]2CCNC2)cc1. The molecule has 0 saturated carbocycles. The minimum Gasteiger partial charge on any atom is -0.348 e. The minimum absolute atomic E-state index is 0.0116. The summed E-state index contributed by atoms with van der Waals surface area (Å²) in [6, 6.07) is 32.3. The van der Waals surface area contributed by atoms with Gasteiger partial charge in [0.2, 0.25) is 0 Å². The van der Waals surface area contributed by atoms with Crippen LogP contribution in [0.4, 0.5) is 0 Å². The lowest BCUT2D eigenvalue weighted by Gasteiger charge is -2.27. The highest BCUT2D eigenvalue weighted by molar-refractivity contribution is 5.95. The largest absolute Gasteiger partial charge is 0.348 e. The third-order valence-electron chi connectivity index (χ3n) is 9.69. The van der Waals surface area contributed by atoms with Crippen LogP contribution in [-0.4, -0.2) is 80.6 Å². The first-order valence-electron chi connectivity index (χ1n) is 17.5. The summed E-state index contributed by atoms with van der Waals surface area (Å²) in [5.74, 6) is 1.98. The smallest absolute Gasteiger partial charge is 0.254 e. The molecule has 10 heteroatoms. The molecule has 0 aliphatic carbocycles. The van der Waals surface area contributed by atoms with Gasteiger partial charge in [0.1, 0.15) is 11.6 Å². The Balaban J connectivity index is 0.000000157. The van der Waals surface area contributed by atoms with Crippen molar-refractivity contribution in [1.29, 1.82) is 0 Å². The van der Waals surface area contributed by atoms with Crippen LogP contribution in [0.3, 0.4) is 0 Å². The number of nitrogens with zero attached hydrogens (tertiary/aromatic N) is 5. The van der Waals surface area contributed by atoms with Crippen molar-refractivity contribution in [3.63, 3.8) is 0 Å². The molecule has 2 fully saturated rings. The number of aromatic nitrogens is 4. The van der Waals surface area contributed by atoms with Crippen molar-refractivity contribution in [2.24, 2.45) is 0 Å². The highest BCUT2D eigenvalue weighted by Gasteiger charge is 2.26. The average Bonchev–Trinajstić information content (AvgIpc) is 3.96. The van der Waals surface area contributed by atoms with E-state index in [0.29, 0.717) is 11.6 Å². The monoisotopic (exact) mass is 668 g/mol. The number of carbonyl (C=O) groups is 2.